The van der Waals surface area contributed by atoms with E-state index in [0.717, 1.165) is 18.6 Å². The molecule has 0 aromatic heterocycles. The van der Waals surface area contributed by atoms with Gasteiger partial charge in [0.1, 0.15) is 0 Å². The van der Waals surface area contributed by atoms with E-state index in [0.29, 0.717) is 0 Å². The fraction of sp³-hybridized carbons (Fsp3) is 0.200. The van der Waals surface area contributed by atoms with Crippen LogP contribution in [0.2, 0.25) is 0 Å². The maximum absolute atomic E-state index is 2.22. The Kier molecular flexibility index (Phi) is 1.22. The van der Waals surface area contributed by atoms with Crippen molar-refractivity contribution < 1.29 is 0 Å². The van der Waals surface area contributed by atoms with Gasteiger partial charge < -0.3 is 0 Å². The van der Waals surface area contributed by atoms with Crippen LogP contribution in [0.5, 0.6) is 0 Å². The third kappa shape index (κ3) is 0.789. The van der Waals surface area contributed by atoms with Gasteiger partial charge in [-0.2, -0.15) is 0 Å². The van der Waals surface area contributed by atoms with Crippen LogP contribution in [0.15, 0.2) is 22.4 Å². The SMILES string of the molecule is [GaH2][C]1=CC=CC1. The van der Waals surface area contributed by atoms with Crippen molar-refractivity contribution in [3.8, 4) is 0 Å². The van der Waals surface area contributed by atoms with Crippen LogP contribution < -0.4 is 0 Å². The first-order chi connectivity index (χ1) is 2.89. The van der Waals surface area contributed by atoms with E-state index < -0.39 is 0 Å². The van der Waals surface area contributed by atoms with Gasteiger partial charge in [-0.1, -0.05) is 0 Å². The summed E-state index contributed by atoms with van der Waals surface area (Å²) in [6, 6.07) is 0. The maximum atomic E-state index is 2.22. The Hall–Kier alpha value is 0.116. The minimum absolute atomic E-state index is 0.941. The summed E-state index contributed by atoms with van der Waals surface area (Å²) in [5.74, 6) is 0. The standard InChI is InChI=1S/C5H5.Ga.2H/c1-2-4-5-3-1;;;/h1-3H,4H2;;;. The van der Waals surface area contributed by atoms with Gasteiger partial charge in [0.15, 0.2) is 0 Å². The normalized spacial score (nSPS) is 18.3. The number of rotatable bonds is 0. The molecule has 0 aliphatic heterocycles. The van der Waals surface area contributed by atoms with Crippen molar-refractivity contribution in [3.05, 3.63) is 22.4 Å². The van der Waals surface area contributed by atoms with Crippen molar-refractivity contribution in [3.63, 3.8) is 0 Å². The molecule has 0 aromatic rings. The number of hydrogen-bond acceptors (Lipinski definition) is 0. The average molecular weight is 137 g/mol. The Morgan fingerprint density at radius 2 is 2.50 bits per heavy atom. The number of hydrogen-bond donors (Lipinski definition) is 0. The van der Waals surface area contributed by atoms with Crippen molar-refractivity contribution in [2.24, 2.45) is 0 Å². The first-order valence-electron chi connectivity index (χ1n) is 2.22. The third-order valence-electron chi connectivity index (χ3n) is 0.957. The quantitative estimate of drug-likeness (QED) is 0.425. The van der Waals surface area contributed by atoms with Gasteiger partial charge in [0.25, 0.3) is 0 Å². The van der Waals surface area contributed by atoms with Gasteiger partial charge in [-0.15, -0.1) is 0 Å². The third-order valence-corrected chi connectivity index (χ3v) is 2.51. The first kappa shape index (κ1) is 4.28. The molecule has 0 nitrogen and oxygen atoms in total. The zero-order chi connectivity index (χ0) is 4.41. The molecule has 0 bridgehead atoms. The average Bonchev–Trinajstić information content (AvgIpc) is 1.86. The van der Waals surface area contributed by atoms with E-state index in [9.17, 15) is 0 Å². The molecule has 6 heavy (non-hydrogen) atoms. The van der Waals surface area contributed by atoms with E-state index >= 15 is 0 Å². The van der Waals surface area contributed by atoms with E-state index in [-0.39, 0.29) is 0 Å². The van der Waals surface area contributed by atoms with Gasteiger partial charge in [0.2, 0.25) is 0 Å². The Morgan fingerprint density at radius 1 is 1.67 bits per heavy atom. The summed E-state index contributed by atoms with van der Waals surface area (Å²) in [7, 11) is 0. The van der Waals surface area contributed by atoms with Crippen LogP contribution in [0.25, 0.3) is 0 Å². The molecule has 0 unspecified atom stereocenters. The van der Waals surface area contributed by atoms with Crippen LogP contribution in [-0.2, 0) is 0 Å². The van der Waals surface area contributed by atoms with Crippen molar-refractivity contribution >= 4 is 18.6 Å². The van der Waals surface area contributed by atoms with Crippen LogP contribution in [-0.4, -0.2) is 18.6 Å². The second-order valence-corrected chi connectivity index (χ2v) is 4.34. The molecule has 0 radical (unpaired) electrons. The van der Waals surface area contributed by atoms with E-state index in [4.69, 9.17) is 0 Å². The van der Waals surface area contributed by atoms with E-state index in [1.54, 1.807) is 4.13 Å². The Balaban J connectivity index is 2.61. The molecule has 1 rings (SSSR count). The molecule has 0 N–H and O–H groups in total. The fourth-order valence-electron chi connectivity index (χ4n) is 0.554. The molecule has 0 amide bonds. The minimum atomic E-state index is 0.941. The fourth-order valence-corrected chi connectivity index (χ4v) is 1.45. The Labute approximate surface area is 47.9 Å². The molecule has 0 heterocycles. The molecule has 0 saturated heterocycles. The predicted octanol–water partition coefficient (Wildman–Crippen LogP) is 0.463. The van der Waals surface area contributed by atoms with Gasteiger partial charge >= 0.3 is 47.4 Å². The van der Waals surface area contributed by atoms with Crippen molar-refractivity contribution in [1.29, 1.82) is 0 Å². The van der Waals surface area contributed by atoms with Gasteiger partial charge in [0.05, 0.1) is 0 Å². The molecule has 0 atom stereocenters. The second-order valence-electron chi connectivity index (χ2n) is 1.65. The summed E-state index contributed by atoms with van der Waals surface area (Å²) < 4.78 is 1.66. The second kappa shape index (κ2) is 1.71. The zero-order valence-electron chi connectivity index (χ0n) is 3.94. The molecule has 0 saturated carbocycles. The van der Waals surface area contributed by atoms with E-state index in [1.807, 2.05) is 0 Å². The zero-order valence-corrected chi connectivity index (χ0v) is 8.14. The summed E-state index contributed by atoms with van der Waals surface area (Å²) in [6.45, 7) is 0. The van der Waals surface area contributed by atoms with Gasteiger partial charge in [-0.3, -0.25) is 0 Å². The number of allylic oxidation sites excluding steroid dienone is 4. The molecular weight excluding hydrogens is 130 g/mol. The summed E-state index contributed by atoms with van der Waals surface area (Å²) in [5.41, 5.74) is 0. The molecule has 30 valence electrons. The van der Waals surface area contributed by atoms with Gasteiger partial charge in [0, 0.05) is 0 Å². The Bertz CT molecular complexity index is 101. The predicted molar refractivity (Wildman–Crippen MR) is 30.4 cm³/mol. The van der Waals surface area contributed by atoms with Crippen molar-refractivity contribution in [2.45, 2.75) is 6.42 Å². The summed E-state index contributed by atoms with van der Waals surface area (Å²) in [5, 5.41) is 0. The topological polar surface area (TPSA) is 0 Å². The molecule has 0 fully saturated rings. The van der Waals surface area contributed by atoms with Crippen LogP contribution in [0, 0.1) is 0 Å². The summed E-state index contributed by atoms with van der Waals surface area (Å²) in [4.78, 5) is 0. The van der Waals surface area contributed by atoms with E-state index in [2.05, 4.69) is 18.2 Å². The van der Waals surface area contributed by atoms with Crippen molar-refractivity contribution in [1.82, 2.24) is 0 Å². The van der Waals surface area contributed by atoms with Gasteiger partial charge in [-0.25, -0.2) is 0 Å². The molecule has 1 aliphatic rings. The monoisotopic (exact) mass is 136 g/mol. The summed E-state index contributed by atoms with van der Waals surface area (Å²) in [6.07, 6.45) is 7.82. The molecule has 0 aromatic carbocycles. The first-order valence-corrected chi connectivity index (χ1v) is 4.32. The van der Waals surface area contributed by atoms with Gasteiger partial charge in [-0.05, 0) is 0 Å². The summed E-state index contributed by atoms with van der Waals surface area (Å²) >= 11 is 0.941. The van der Waals surface area contributed by atoms with Crippen LogP contribution in [0.4, 0.5) is 0 Å². The molecule has 1 heteroatoms. The van der Waals surface area contributed by atoms with Crippen LogP contribution in [0.1, 0.15) is 6.42 Å². The molecular formula is C5H7Ga. The van der Waals surface area contributed by atoms with E-state index in [1.165, 1.54) is 6.42 Å². The molecule has 0 spiro atoms. The van der Waals surface area contributed by atoms with Crippen LogP contribution in [0.3, 0.4) is 0 Å². The van der Waals surface area contributed by atoms with Crippen LogP contribution >= 0.6 is 0 Å². The molecule has 1 aliphatic carbocycles. The van der Waals surface area contributed by atoms with Crippen molar-refractivity contribution in [2.75, 3.05) is 0 Å². The Morgan fingerprint density at radius 3 is 2.67 bits per heavy atom.